The van der Waals surface area contributed by atoms with Crippen molar-refractivity contribution in [2.75, 3.05) is 24.2 Å². The number of halogens is 3. The van der Waals surface area contributed by atoms with E-state index in [1.165, 1.54) is 0 Å². The Labute approximate surface area is 174 Å². The quantitative estimate of drug-likeness (QED) is 0.762. The van der Waals surface area contributed by atoms with Gasteiger partial charge in [0.15, 0.2) is 5.17 Å². The minimum Gasteiger partial charge on any atom is -0.348 e. The average molecular weight is 434 g/mol. The van der Waals surface area contributed by atoms with Crippen LogP contribution in [0.5, 0.6) is 0 Å². The third-order valence-corrected chi connectivity index (χ3v) is 5.76. The highest BCUT2D eigenvalue weighted by Crippen LogP contribution is 2.33. The molecule has 2 N–H and O–H groups in total. The molecule has 1 saturated heterocycles. The van der Waals surface area contributed by atoms with Crippen LogP contribution in [0.15, 0.2) is 53.5 Å². The van der Waals surface area contributed by atoms with Gasteiger partial charge in [-0.3, -0.25) is 15.1 Å². The van der Waals surface area contributed by atoms with Gasteiger partial charge < -0.3 is 10.2 Å². The number of aliphatic imine (C=N–C) groups is 1. The first-order valence-corrected chi connectivity index (χ1v) is 10.1. The topological polar surface area (TPSA) is 73.8 Å². The Morgan fingerprint density at radius 3 is 2.60 bits per heavy atom. The molecule has 2 heterocycles. The van der Waals surface area contributed by atoms with E-state index < -0.39 is 23.7 Å². The van der Waals surface area contributed by atoms with Crippen molar-refractivity contribution in [2.45, 2.75) is 12.2 Å². The Kier molecular flexibility index (Phi) is 5.42. The number of alkyl halides is 3. The van der Waals surface area contributed by atoms with E-state index in [1.807, 2.05) is 6.07 Å². The van der Waals surface area contributed by atoms with Gasteiger partial charge in [-0.1, -0.05) is 23.9 Å². The molecule has 30 heavy (non-hydrogen) atoms. The Bertz CT molecular complexity index is 1010. The number of carbonyl (C=O) groups excluding carboxylic acids is 2. The number of nitrogens with zero attached hydrogens (tertiary/aromatic N) is 2. The van der Waals surface area contributed by atoms with Gasteiger partial charge >= 0.3 is 12.2 Å². The van der Waals surface area contributed by atoms with Gasteiger partial charge in [0, 0.05) is 30.1 Å². The normalized spacial score (nSPS) is 18.0. The van der Waals surface area contributed by atoms with Gasteiger partial charge in [-0.05, 0) is 42.0 Å². The fraction of sp³-hybridized carbons (Fsp3) is 0.250. The van der Waals surface area contributed by atoms with E-state index in [2.05, 4.69) is 15.5 Å². The summed E-state index contributed by atoms with van der Waals surface area (Å²) in [6.07, 6.45) is -4.49. The summed E-state index contributed by atoms with van der Waals surface area (Å²) in [6.45, 7) is 1.77. The zero-order chi connectivity index (χ0) is 21.3. The minimum atomic E-state index is -4.49. The van der Waals surface area contributed by atoms with Crippen molar-refractivity contribution in [3.63, 3.8) is 0 Å². The van der Waals surface area contributed by atoms with E-state index in [-0.39, 0.29) is 11.6 Å². The smallest absolute Gasteiger partial charge is 0.348 e. The third kappa shape index (κ3) is 4.43. The maximum atomic E-state index is 12.6. The highest BCUT2D eigenvalue weighted by molar-refractivity contribution is 8.14. The molecule has 0 saturated carbocycles. The Morgan fingerprint density at radius 1 is 1.13 bits per heavy atom. The lowest BCUT2D eigenvalue weighted by atomic mass is 10.1. The number of hydrogen-bond donors (Lipinski definition) is 2. The van der Waals surface area contributed by atoms with Crippen LogP contribution in [0.4, 0.5) is 23.7 Å². The molecule has 1 fully saturated rings. The second-order valence-corrected chi connectivity index (χ2v) is 7.89. The Hall–Kier alpha value is -3.01. The third-order valence-electron chi connectivity index (χ3n) is 4.75. The number of nitrogens with one attached hydrogen (secondary N) is 2. The van der Waals surface area contributed by atoms with Crippen molar-refractivity contribution in [1.82, 2.24) is 10.2 Å². The molecule has 10 heteroatoms. The molecular weight excluding hydrogens is 417 g/mol. The van der Waals surface area contributed by atoms with Crippen LogP contribution in [0.25, 0.3) is 0 Å². The molecule has 2 aromatic carbocycles. The minimum absolute atomic E-state index is 0.00797. The standard InChI is InChI=1S/C20H17F3N4O2S/c21-20(22,23)14-6-4-12(5-7-14)17(28)26-18(29)24-15-3-1-2-13(10-15)16-11-27-8-9-30-19(27)25-16/h1-7,10,16H,8-9,11H2,(H2,24,26,28,29)/t16-/m1/s1. The monoisotopic (exact) mass is 434 g/mol. The Morgan fingerprint density at radius 2 is 1.90 bits per heavy atom. The molecule has 156 valence electrons. The summed E-state index contributed by atoms with van der Waals surface area (Å²) >= 11 is 1.73. The predicted molar refractivity (Wildman–Crippen MR) is 109 cm³/mol. The molecule has 0 unspecified atom stereocenters. The highest BCUT2D eigenvalue weighted by atomic mass is 32.2. The Balaban J connectivity index is 1.37. The lowest BCUT2D eigenvalue weighted by molar-refractivity contribution is -0.137. The molecule has 3 amide bonds. The van der Waals surface area contributed by atoms with E-state index in [4.69, 9.17) is 4.99 Å². The summed E-state index contributed by atoms with van der Waals surface area (Å²) in [4.78, 5) is 31.2. The molecule has 0 spiro atoms. The molecule has 0 bridgehead atoms. The van der Waals surface area contributed by atoms with Crippen molar-refractivity contribution in [3.8, 4) is 0 Å². The molecule has 1 atom stereocenters. The van der Waals surface area contributed by atoms with Crippen LogP contribution in [-0.2, 0) is 6.18 Å². The first kappa shape index (κ1) is 20.3. The summed E-state index contributed by atoms with van der Waals surface area (Å²) in [6, 6.07) is 10.1. The number of imide groups is 1. The fourth-order valence-electron chi connectivity index (χ4n) is 3.26. The molecule has 0 radical (unpaired) electrons. The van der Waals surface area contributed by atoms with Gasteiger partial charge in [-0.25, -0.2) is 4.79 Å². The van der Waals surface area contributed by atoms with Crippen LogP contribution in [0.2, 0.25) is 0 Å². The van der Waals surface area contributed by atoms with Gasteiger partial charge in [0.25, 0.3) is 5.91 Å². The fourth-order valence-corrected chi connectivity index (χ4v) is 4.30. The number of hydrogen-bond acceptors (Lipinski definition) is 5. The summed E-state index contributed by atoms with van der Waals surface area (Å²) in [5.74, 6) is 0.248. The molecule has 2 aliphatic rings. The number of fused-ring (bicyclic) bond motifs is 1. The van der Waals surface area contributed by atoms with Crippen molar-refractivity contribution in [1.29, 1.82) is 0 Å². The number of amidine groups is 1. The molecule has 6 nitrogen and oxygen atoms in total. The molecule has 0 aliphatic carbocycles. The summed E-state index contributed by atoms with van der Waals surface area (Å²) in [5, 5.41) is 5.73. The van der Waals surface area contributed by atoms with Gasteiger partial charge in [0.2, 0.25) is 0 Å². The predicted octanol–water partition coefficient (Wildman–Crippen LogP) is 4.13. The van der Waals surface area contributed by atoms with Crippen molar-refractivity contribution in [3.05, 3.63) is 65.2 Å². The molecule has 0 aromatic heterocycles. The molecule has 2 aliphatic heterocycles. The van der Waals surface area contributed by atoms with Gasteiger partial charge in [-0.15, -0.1) is 0 Å². The summed E-state index contributed by atoms with van der Waals surface area (Å²) in [5.41, 5.74) is 0.524. The number of amides is 3. The highest BCUT2D eigenvalue weighted by Gasteiger charge is 2.31. The van der Waals surface area contributed by atoms with Crippen LogP contribution >= 0.6 is 11.8 Å². The first-order chi connectivity index (χ1) is 14.3. The van der Waals surface area contributed by atoms with Crippen molar-refractivity contribution >= 4 is 34.6 Å². The number of anilines is 1. The van der Waals surface area contributed by atoms with Crippen LogP contribution in [0.3, 0.4) is 0 Å². The average Bonchev–Trinajstić information content (AvgIpc) is 3.30. The molecule has 4 rings (SSSR count). The number of carbonyl (C=O) groups is 2. The zero-order valence-electron chi connectivity index (χ0n) is 15.6. The number of rotatable bonds is 3. The van der Waals surface area contributed by atoms with E-state index in [9.17, 15) is 22.8 Å². The SMILES string of the molecule is O=C(NC(=O)c1ccc(C(F)(F)F)cc1)Nc1cccc([C@H]2CN3CCSC3=N2)c1. The van der Waals surface area contributed by atoms with Crippen LogP contribution in [0, 0.1) is 0 Å². The lowest BCUT2D eigenvalue weighted by Gasteiger charge is -2.14. The van der Waals surface area contributed by atoms with Crippen molar-refractivity contribution in [2.24, 2.45) is 4.99 Å². The van der Waals surface area contributed by atoms with Crippen LogP contribution < -0.4 is 10.6 Å². The zero-order valence-corrected chi connectivity index (χ0v) is 16.4. The number of benzene rings is 2. The van der Waals surface area contributed by atoms with E-state index >= 15 is 0 Å². The van der Waals surface area contributed by atoms with Gasteiger partial charge in [0.05, 0.1) is 11.6 Å². The number of thioether (sulfide) groups is 1. The van der Waals surface area contributed by atoms with Crippen LogP contribution in [-0.4, -0.2) is 40.8 Å². The first-order valence-electron chi connectivity index (χ1n) is 9.15. The second kappa shape index (κ2) is 8.02. The summed E-state index contributed by atoms with van der Waals surface area (Å²) < 4.78 is 37.8. The van der Waals surface area contributed by atoms with Gasteiger partial charge in [0.1, 0.15) is 0 Å². The van der Waals surface area contributed by atoms with E-state index in [0.717, 1.165) is 53.8 Å². The molecule has 2 aromatic rings. The second-order valence-electron chi connectivity index (χ2n) is 6.83. The largest absolute Gasteiger partial charge is 0.416 e. The van der Waals surface area contributed by atoms with Crippen LogP contribution in [0.1, 0.15) is 27.5 Å². The molecular formula is C20H17F3N4O2S. The summed E-state index contributed by atoms with van der Waals surface area (Å²) in [7, 11) is 0. The van der Waals surface area contributed by atoms with E-state index in [1.54, 1.807) is 30.0 Å². The maximum Gasteiger partial charge on any atom is 0.416 e. The van der Waals surface area contributed by atoms with E-state index in [0.29, 0.717) is 5.69 Å². The number of urea groups is 1. The van der Waals surface area contributed by atoms with Crippen molar-refractivity contribution < 1.29 is 22.8 Å². The maximum absolute atomic E-state index is 12.6. The lowest BCUT2D eigenvalue weighted by Crippen LogP contribution is -2.34. The van der Waals surface area contributed by atoms with Gasteiger partial charge in [-0.2, -0.15) is 13.2 Å².